The molecule has 10 nitrogen and oxygen atoms in total. The molecule has 0 aliphatic carbocycles. The van der Waals surface area contributed by atoms with E-state index >= 15 is 0 Å². The third-order valence-corrected chi connectivity index (χ3v) is 5.08. The minimum atomic E-state index is -4.05. The standard InChI is InChI=1S/C12H11NO9S/c1-5(14)22-3-6-4-23(20,21)11-7(2-8(15)16)10(17)13(11)9(6)12(18)19/h2,11H,3-4H2,1H3,(H,15,16)(H,18,19)/b7-2-/t11-/m1/s1. The molecule has 0 aromatic carbocycles. The minimum absolute atomic E-state index is 0.258. The minimum Gasteiger partial charge on any atom is -0.478 e. The van der Waals surface area contributed by atoms with Crippen molar-refractivity contribution in [2.24, 2.45) is 0 Å². The summed E-state index contributed by atoms with van der Waals surface area (Å²) in [7, 11) is -4.05. The first-order valence-electron chi connectivity index (χ1n) is 6.14. The van der Waals surface area contributed by atoms with Crippen molar-refractivity contribution in [2.75, 3.05) is 12.4 Å². The van der Waals surface area contributed by atoms with Gasteiger partial charge < -0.3 is 14.9 Å². The Kier molecular flexibility index (Phi) is 3.99. The van der Waals surface area contributed by atoms with E-state index < -0.39 is 62.7 Å². The second kappa shape index (κ2) is 5.50. The Morgan fingerprint density at radius 1 is 1.35 bits per heavy atom. The second-order valence-electron chi connectivity index (χ2n) is 4.81. The highest BCUT2D eigenvalue weighted by molar-refractivity contribution is 7.92. The number of rotatable bonds is 4. The molecule has 2 rings (SSSR count). The molecular weight excluding hydrogens is 334 g/mol. The third kappa shape index (κ3) is 2.82. The van der Waals surface area contributed by atoms with Gasteiger partial charge in [0.1, 0.15) is 12.3 Å². The number of nitrogens with zero attached hydrogens (tertiary/aromatic N) is 1. The lowest BCUT2D eigenvalue weighted by atomic mass is 10.0. The van der Waals surface area contributed by atoms with E-state index in [4.69, 9.17) is 5.11 Å². The molecule has 0 radical (unpaired) electrons. The van der Waals surface area contributed by atoms with Gasteiger partial charge in [0, 0.05) is 18.6 Å². The van der Waals surface area contributed by atoms with E-state index in [1.165, 1.54) is 0 Å². The zero-order valence-electron chi connectivity index (χ0n) is 11.7. The number of carboxylic acids is 2. The predicted octanol–water partition coefficient (Wildman–Crippen LogP) is -1.50. The number of hydrogen-bond acceptors (Lipinski definition) is 7. The van der Waals surface area contributed by atoms with Gasteiger partial charge in [0.25, 0.3) is 5.91 Å². The van der Waals surface area contributed by atoms with Crippen LogP contribution in [0.15, 0.2) is 22.9 Å². The summed E-state index contributed by atoms with van der Waals surface area (Å²) < 4.78 is 29.0. The quantitative estimate of drug-likeness (QED) is 0.351. The van der Waals surface area contributed by atoms with Crippen molar-refractivity contribution in [3.63, 3.8) is 0 Å². The molecular formula is C12H11NO9S. The summed E-state index contributed by atoms with van der Waals surface area (Å²) >= 11 is 0. The van der Waals surface area contributed by atoms with Crippen LogP contribution in [-0.4, -0.2) is 65.1 Å². The normalized spacial score (nSPS) is 24.0. The summed E-state index contributed by atoms with van der Waals surface area (Å²) in [5.41, 5.74) is -1.38. The molecule has 11 heteroatoms. The zero-order valence-corrected chi connectivity index (χ0v) is 12.5. The van der Waals surface area contributed by atoms with Gasteiger partial charge in [-0.05, 0) is 0 Å². The van der Waals surface area contributed by atoms with Crippen LogP contribution in [0, 0.1) is 0 Å². The van der Waals surface area contributed by atoms with Gasteiger partial charge >= 0.3 is 17.9 Å². The smallest absolute Gasteiger partial charge is 0.352 e. The highest BCUT2D eigenvalue weighted by Crippen LogP contribution is 2.39. The third-order valence-electron chi connectivity index (χ3n) is 3.19. The van der Waals surface area contributed by atoms with Gasteiger partial charge in [0.2, 0.25) is 0 Å². The van der Waals surface area contributed by atoms with E-state index in [2.05, 4.69) is 4.74 Å². The van der Waals surface area contributed by atoms with Crippen molar-refractivity contribution in [1.82, 2.24) is 4.90 Å². The van der Waals surface area contributed by atoms with E-state index in [0.29, 0.717) is 11.0 Å². The predicted molar refractivity (Wildman–Crippen MR) is 71.4 cm³/mol. The number of carbonyl (C=O) groups is 4. The fourth-order valence-corrected chi connectivity index (χ4v) is 4.32. The largest absolute Gasteiger partial charge is 0.478 e. The molecule has 0 saturated carbocycles. The molecule has 23 heavy (non-hydrogen) atoms. The summed E-state index contributed by atoms with van der Waals surface area (Å²) in [6.45, 7) is 0.467. The maximum atomic E-state index is 12.2. The van der Waals surface area contributed by atoms with Crippen molar-refractivity contribution < 1.29 is 42.5 Å². The number of esters is 1. The zero-order chi connectivity index (χ0) is 17.5. The molecule has 1 atom stereocenters. The van der Waals surface area contributed by atoms with E-state index in [1.54, 1.807) is 0 Å². The van der Waals surface area contributed by atoms with Crippen LogP contribution in [0.5, 0.6) is 0 Å². The van der Waals surface area contributed by atoms with Crippen LogP contribution >= 0.6 is 0 Å². The lowest BCUT2D eigenvalue weighted by molar-refractivity contribution is -0.143. The fourth-order valence-electron chi connectivity index (χ4n) is 2.38. The first-order valence-corrected chi connectivity index (χ1v) is 7.86. The van der Waals surface area contributed by atoms with Crippen LogP contribution < -0.4 is 0 Å². The van der Waals surface area contributed by atoms with Gasteiger partial charge in [-0.1, -0.05) is 0 Å². The lowest BCUT2D eigenvalue weighted by Crippen LogP contribution is -2.62. The van der Waals surface area contributed by atoms with Crippen LogP contribution in [0.25, 0.3) is 0 Å². The summed E-state index contributed by atoms with van der Waals surface area (Å²) in [4.78, 5) is 45.3. The molecule has 0 bridgehead atoms. The lowest BCUT2D eigenvalue weighted by Gasteiger charge is -2.45. The Labute approximate surface area is 129 Å². The molecule has 1 saturated heterocycles. The summed E-state index contributed by atoms with van der Waals surface area (Å²) in [6, 6.07) is 0. The van der Waals surface area contributed by atoms with E-state index in [1.807, 2.05) is 0 Å². The number of fused-ring (bicyclic) bond motifs is 1. The molecule has 2 N–H and O–H groups in total. The number of β-lactam (4-membered cyclic amide) rings is 1. The molecule has 0 unspecified atom stereocenters. The molecule has 2 aliphatic heterocycles. The average molecular weight is 345 g/mol. The number of sulfone groups is 1. The van der Waals surface area contributed by atoms with Gasteiger partial charge in [0.15, 0.2) is 15.2 Å². The Bertz CT molecular complexity index is 789. The topological polar surface area (TPSA) is 155 Å². The van der Waals surface area contributed by atoms with Gasteiger partial charge in [0.05, 0.1) is 11.3 Å². The van der Waals surface area contributed by atoms with Gasteiger partial charge in [-0.25, -0.2) is 18.0 Å². The number of amides is 1. The van der Waals surface area contributed by atoms with Crippen molar-refractivity contribution >= 4 is 33.7 Å². The van der Waals surface area contributed by atoms with E-state index in [-0.39, 0.29) is 5.57 Å². The van der Waals surface area contributed by atoms with Crippen LogP contribution in [0.1, 0.15) is 6.92 Å². The van der Waals surface area contributed by atoms with Crippen molar-refractivity contribution in [3.8, 4) is 0 Å². The fraction of sp³-hybridized carbons (Fsp3) is 0.333. The first-order chi connectivity index (χ1) is 10.6. The van der Waals surface area contributed by atoms with E-state index in [0.717, 1.165) is 6.92 Å². The molecule has 1 amide bonds. The second-order valence-corrected chi connectivity index (χ2v) is 6.87. The maximum absolute atomic E-state index is 12.2. The highest BCUT2D eigenvalue weighted by Gasteiger charge is 2.56. The van der Waals surface area contributed by atoms with Crippen molar-refractivity contribution in [1.29, 1.82) is 0 Å². The van der Waals surface area contributed by atoms with Crippen LogP contribution in [0.2, 0.25) is 0 Å². The van der Waals surface area contributed by atoms with Gasteiger partial charge in [-0.3, -0.25) is 14.5 Å². The van der Waals surface area contributed by atoms with Crippen LogP contribution in [0.3, 0.4) is 0 Å². The Balaban J connectivity index is 2.53. The molecule has 0 aromatic rings. The van der Waals surface area contributed by atoms with Crippen LogP contribution in [0.4, 0.5) is 0 Å². The Morgan fingerprint density at radius 3 is 2.43 bits per heavy atom. The van der Waals surface area contributed by atoms with Crippen molar-refractivity contribution in [3.05, 3.63) is 22.9 Å². The summed E-state index contributed by atoms with van der Waals surface area (Å²) in [5.74, 6) is -5.63. The van der Waals surface area contributed by atoms with Crippen LogP contribution in [-0.2, 0) is 33.8 Å². The number of carboxylic acid groups (broad SMARTS) is 2. The van der Waals surface area contributed by atoms with E-state index in [9.17, 15) is 32.7 Å². The maximum Gasteiger partial charge on any atom is 0.352 e. The molecule has 2 heterocycles. The molecule has 0 spiro atoms. The number of carbonyl (C=O) groups excluding carboxylic acids is 2. The SMILES string of the molecule is CC(=O)OCC1=C(C(=O)O)N2C(=O)/C(=C/C(=O)O)[C@H]2S(=O)(=O)C1. The molecule has 124 valence electrons. The molecule has 1 fully saturated rings. The molecule has 2 aliphatic rings. The monoisotopic (exact) mass is 345 g/mol. The highest BCUT2D eigenvalue weighted by atomic mass is 32.2. The number of aliphatic carboxylic acids is 2. The summed E-state index contributed by atoms with van der Waals surface area (Å²) in [5, 5.41) is 16.2. The molecule has 0 aromatic heterocycles. The number of hydrogen-bond donors (Lipinski definition) is 2. The van der Waals surface area contributed by atoms with Crippen molar-refractivity contribution in [2.45, 2.75) is 12.3 Å². The van der Waals surface area contributed by atoms with Gasteiger partial charge in [-0.2, -0.15) is 0 Å². The first kappa shape index (κ1) is 16.7. The Morgan fingerprint density at radius 2 is 1.96 bits per heavy atom. The number of ether oxygens (including phenoxy) is 1. The average Bonchev–Trinajstić information content (AvgIpc) is 2.40. The summed E-state index contributed by atoms with van der Waals surface area (Å²) in [6.07, 6.45) is 0.442. The van der Waals surface area contributed by atoms with Gasteiger partial charge in [-0.15, -0.1) is 0 Å². The Hall–Kier alpha value is -2.69.